The van der Waals surface area contributed by atoms with Crippen molar-refractivity contribution >= 4 is 31.5 Å². The molecule has 4 aromatic rings. The second-order valence-electron chi connectivity index (χ2n) is 6.43. The highest BCUT2D eigenvalue weighted by molar-refractivity contribution is 7.24. The smallest absolute Gasteiger partial charge is 0.289 e. The summed E-state index contributed by atoms with van der Waals surface area (Å²) in [4.78, 5) is 12.6. The molecule has 0 saturated carbocycles. The molecule has 0 saturated heterocycles. The third-order valence-corrected chi connectivity index (χ3v) is 5.63. The SMILES string of the molecule is O=c1c2ccccc2sc2cc(-c3cc(C(F)(F)F)cc(C(F)(F)F)c3)ccc12. The topological polar surface area (TPSA) is 17.1 Å². The first kappa shape index (κ1) is 19.4. The fourth-order valence-corrected chi connectivity index (χ4v) is 4.21. The Bertz CT molecular complexity index is 1270. The van der Waals surface area contributed by atoms with Gasteiger partial charge in [0.15, 0.2) is 5.43 Å². The van der Waals surface area contributed by atoms with E-state index in [1.807, 2.05) is 0 Å². The Kier molecular flexibility index (Phi) is 4.42. The summed E-state index contributed by atoms with van der Waals surface area (Å²) in [6, 6.07) is 12.6. The van der Waals surface area contributed by atoms with Gasteiger partial charge in [-0.05, 0) is 53.6 Å². The van der Waals surface area contributed by atoms with Gasteiger partial charge in [0.1, 0.15) is 0 Å². The van der Waals surface area contributed by atoms with Gasteiger partial charge in [-0.25, -0.2) is 0 Å². The number of fused-ring (bicyclic) bond motifs is 2. The van der Waals surface area contributed by atoms with E-state index >= 15 is 0 Å². The van der Waals surface area contributed by atoms with Crippen molar-refractivity contribution in [2.75, 3.05) is 0 Å². The normalized spacial score (nSPS) is 12.6. The van der Waals surface area contributed by atoms with Crippen LogP contribution < -0.4 is 5.43 Å². The van der Waals surface area contributed by atoms with Gasteiger partial charge in [-0.3, -0.25) is 4.79 Å². The molecule has 0 unspecified atom stereocenters. The Morgan fingerprint density at radius 3 is 1.83 bits per heavy atom. The maximum absolute atomic E-state index is 13.1. The van der Waals surface area contributed by atoms with Crippen molar-refractivity contribution in [2.24, 2.45) is 0 Å². The van der Waals surface area contributed by atoms with Gasteiger partial charge in [-0.1, -0.05) is 18.2 Å². The van der Waals surface area contributed by atoms with Crippen LogP contribution in [0.2, 0.25) is 0 Å². The van der Waals surface area contributed by atoms with E-state index in [1.165, 1.54) is 29.5 Å². The molecule has 1 heterocycles. The molecule has 0 fully saturated rings. The van der Waals surface area contributed by atoms with Gasteiger partial charge in [0.05, 0.1) is 11.1 Å². The number of hydrogen-bond donors (Lipinski definition) is 0. The van der Waals surface area contributed by atoms with Gasteiger partial charge in [0.25, 0.3) is 0 Å². The van der Waals surface area contributed by atoms with Gasteiger partial charge in [-0.2, -0.15) is 26.3 Å². The zero-order valence-electron chi connectivity index (χ0n) is 14.4. The highest BCUT2D eigenvalue weighted by Crippen LogP contribution is 2.39. The molecular formula is C21H10F6OS. The van der Waals surface area contributed by atoms with Crippen LogP contribution in [0.1, 0.15) is 11.1 Å². The van der Waals surface area contributed by atoms with E-state index < -0.39 is 23.5 Å². The molecule has 0 aliphatic rings. The quantitative estimate of drug-likeness (QED) is 0.235. The Hall–Kier alpha value is -2.87. The first-order valence-corrected chi connectivity index (χ1v) is 9.11. The molecule has 3 aromatic carbocycles. The zero-order valence-corrected chi connectivity index (χ0v) is 15.2. The van der Waals surface area contributed by atoms with Crippen LogP contribution in [-0.2, 0) is 12.4 Å². The summed E-state index contributed by atoms with van der Waals surface area (Å²) < 4.78 is 79.9. The van der Waals surface area contributed by atoms with Crippen molar-refractivity contribution in [3.05, 3.63) is 82.0 Å². The summed E-state index contributed by atoms with van der Waals surface area (Å²) in [5, 5.41) is 0.872. The number of rotatable bonds is 1. The Morgan fingerprint density at radius 2 is 1.21 bits per heavy atom. The van der Waals surface area contributed by atoms with Crippen LogP contribution in [0.3, 0.4) is 0 Å². The van der Waals surface area contributed by atoms with E-state index in [-0.39, 0.29) is 22.6 Å². The lowest BCUT2D eigenvalue weighted by Crippen LogP contribution is -2.11. The second-order valence-corrected chi connectivity index (χ2v) is 7.52. The number of alkyl halides is 6. The van der Waals surface area contributed by atoms with Crippen LogP contribution in [0.5, 0.6) is 0 Å². The number of benzene rings is 3. The van der Waals surface area contributed by atoms with Gasteiger partial charge in [-0.15, -0.1) is 11.3 Å². The predicted molar refractivity (Wildman–Crippen MR) is 101 cm³/mol. The van der Waals surface area contributed by atoms with Crippen LogP contribution >= 0.6 is 11.3 Å². The van der Waals surface area contributed by atoms with Crippen molar-refractivity contribution in [3.63, 3.8) is 0 Å². The zero-order chi connectivity index (χ0) is 21.0. The molecule has 0 amide bonds. The van der Waals surface area contributed by atoms with Crippen molar-refractivity contribution in [3.8, 4) is 11.1 Å². The molecule has 8 heteroatoms. The number of halogens is 6. The molecule has 29 heavy (non-hydrogen) atoms. The van der Waals surface area contributed by atoms with Crippen molar-refractivity contribution in [1.82, 2.24) is 0 Å². The molecule has 0 N–H and O–H groups in total. The maximum atomic E-state index is 13.1. The second kappa shape index (κ2) is 6.59. The predicted octanol–water partition coefficient (Wildman–Crippen LogP) is 7.12. The molecule has 0 atom stereocenters. The molecule has 1 aromatic heterocycles. The average Bonchev–Trinajstić information content (AvgIpc) is 2.66. The minimum Gasteiger partial charge on any atom is -0.289 e. The van der Waals surface area contributed by atoms with Crippen molar-refractivity contribution < 1.29 is 26.3 Å². The monoisotopic (exact) mass is 424 g/mol. The lowest BCUT2D eigenvalue weighted by Gasteiger charge is -2.14. The minimum absolute atomic E-state index is 0.0937. The first-order chi connectivity index (χ1) is 13.5. The van der Waals surface area contributed by atoms with E-state index in [1.54, 1.807) is 24.3 Å². The van der Waals surface area contributed by atoms with Crippen molar-refractivity contribution in [1.29, 1.82) is 0 Å². The van der Waals surface area contributed by atoms with Gasteiger partial charge < -0.3 is 0 Å². The molecule has 1 nitrogen and oxygen atoms in total. The van der Waals surface area contributed by atoms with Crippen LogP contribution in [-0.4, -0.2) is 0 Å². The molecule has 0 spiro atoms. The molecule has 0 aliphatic heterocycles. The number of hydrogen-bond acceptors (Lipinski definition) is 2. The Balaban J connectivity index is 1.96. The van der Waals surface area contributed by atoms with Crippen LogP contribution in [0.15, 0.2) is 65.5 Å². The van der Waals surface area contributed by atoms with Gasteiger partial charge >= 0.3 is 12.4 Å². The lowest BCUT2D eigenvalue weighted by atomic mass is 9.98. The first-order valence-electron chi connectivity index (χ1n) is 8.29. The maximum Gasteiger partial charge on any atom is 0.416 e. The Morgan fingerprint density at radius 1 is 0.621 bits per heavy atom. The summed E-state index contributed by atoms with van der Waals surface area (Å²) in [5.74, 6) is 0. The summed E-state index contributed by atoms with van der Waals surface area (Å²) >= 11 is 1.25. The van der Waals surface area contributed by atoms with Crippen molar-refractivity contribution in [2.45, 2.75) is 12.4 Å². The Labute approximate surface area is 163 Å². The third kappa shape index (κ3) is 3.60. The minimum atomic E-state index is -4.92. The van der Waals surface area contributed by atoms with Crippen LogP contribution in [0.25, 0.3) is 31.3 Å². The highest BCUT2D eigenvalue weighted by Gasteiger charge is 2.37. The van der Waals surface area contributed by atoms with Crippen LogP contribution in [0.4, 0.5) is 26.3 Å². The molecule has 0 aliphatic carbocycles. The van der Waals surface area contributed by atoms with Gasteiger partial charge in [0, 0.05) is 20.2 Å². The van der Waals surface area contributed by atoms with E-state index in [0.717, 1.165) is 0 Å². The lowest BCUT2D eigenvalue weighted by molar-refractivity contribution is -0.143. The third-order valence-electron chi connectivity index (χ3n) is 4.50. The van der Waals surface area contributed by atoms with E-state index in [2.05, 4.69) is 0 Å². The summed E-state index contributed by atoms with van der Waals surface area (Å²) in [5.41, 5.74) is -3.05. The molecule has 0 radical (unpaired) electrons. The standard InChI is InChI=1S/C21H10F6OS/c22-20(23,24)13-7-12(8-14(10-13)21(25,26)27)11-5-6-16-18(9-11)29-17-4-2-1-3-15(17)19(16)28/h1-10H. The van der Waals surface area contributed by atoms with Gasteiger partial charge in [0.2, 0.25) is 0 Å². The summed E-state index contributed by atoms with van der Waals surface area (Å²) in [6.45, 7) is 0. The van der Waals surface area contributed by atoms with E-state index in [9.17, 15) is 31.1 Å². The molecular weight excluding hydrogens is 414 g/mol. The molecule has 4 rings (SSSR count). The van der Waals surface area contributed by atoms with Crippen LogP contribution in [0, 0.1) is 0 Å². The van der Waals surface area contributed by atoms with E-state index in [4.69, 9.17) is 0 Å². The highest BCUT2D eigenvalue weighted by atomic mass is 32.1. The van der Waals surface area contributed by atoms with E-state index in [0.29, 0.717) is 32.3 Å². The molecule has 148 valence electrons. The largest absolute Gasteiger partial charge is 0.416 e. The fraction of sp³-hybridized carbons (Fsp3) is 0.0952. The average molecular weight is 424 g/mol. The summed E-state index contributed by atoms with van der Waals surface area (Å²) in [6.07, 6.45) is -9.85. The fourth-order valence-electron chi connectivity index (χ4n) is 3.10. The molecule has 0 bridgehead atoms. The summed E-state index contributed by atoms with van der Waals surface area (Å²) in [7, 11) is 0.